The molecule has 1 nitrogen and oxygen atoms in total. The Labute approximate surface area is 306 Å². The minimum atomic E-state index is 0.890. The Hall–Kier alpha value is -5.40. The molecule has 0 unspecified atom stereocenters. The molecule has 0 heterocycles. The van der Waals surface area contributed by atoms with Gasteiger partial charge in [0.15, 0.2) is 0 Å². The van der Waals surface area contributed by atoms with E-state index in [1.807, 2.05) is 0 Å². The molecule has 0 saturated heterocycles. The Morgan fingerprint density at radius 1 is 0.353 bits per heavy atom. The summed E-state index contributed by atoms with van der Waals surface area (Å²) in [5.41, 5.74) is 10.3. The highest BCUT2D eigenvalue weighted by Crippen LogP contribution is 2.33. The topological polar surface area (TPSA) is 9.23 Å². The minimum Gasteiger partial charge on any atom is -0.456 e. The van der Waals surface area contributed by atoms with Gasteiger partial charge >= 0.3 is 0 Å². The van der Waals surface area contributed by atoms with Crippen LogP contribution in [0.2, 0.25) is 0 Å². The van der Waals surface area contributed by atoms with Gasteiger partial charge in [-0.15, -0.1) is 0 Å². The fourth-order valence-corrected chi connectivity index (χ4v) is 6.54. The normalized spacial score (nSPS) is 11.4. The summed E-state index contributed by atoms with van der Waals surface area (Å²) < 4.78 is 6.82. The average Bonchev–Trinajstić information content (AvgIpc) is 3.18. The molecule has 0 N–H and O–H groups in total. The van der Waals surface area contributed by atoms with E-state index in [4.69, 9.17) is 4.74 Å². The number of ether oxygens (including phenoxy) is 1. The average molecular weight is 667 g/mol. The summed E-state index contributed by atoms with van der Waals surface area (Å²) >= 11 is 0. The lowest BCUT2D eigenvalue weighted by Crippen LogP contribution is -1.95. The van der Waals surface area contributed by atoms with E-state index in [2.05, 4.69) is 182 Å². The van der Waals surface area contributed by atoms with E-state index in [0.29, 0.717) is 0 Å². The quantitative estimate of drug-likeness (QED) is 0.0830. The molecule has 6 aromatic carbocycles. The first-order valence-corrected chi connectivity index (χ1v) is 18.7. The van der Waals surface area contributed by atoms with Crippen molar-refractivity contribution in [2.45, 2.75) is 64.2 Å². The molecule has 0 aromatic heterocycles. The van der Waals surface area contributed by atoms with Crippen molar-refractivity contribution in [3.63, 3.8) is 0 Å². The number of benzene rings is 6. The summed E-state index contributed by atoms with van der Waals surface area (Å²) in [7, 11) is 0. The smallest absolute Gasteiger partial charge is 0.134 e. The predicted octanol–water partition coefficient (Wildman–Crippen LogP) is 13.5. The molecule has 0 amide bonds. The fraction of sp³-hybridized carbons (Fsp3) is 0.200. The Kier molecular flexibility index (Phi) is 13.7. The molecule has 0 spiro atoms. The van der Waals surface area contributed by atoms with E-state index in [1.165, 1.54) is 46.2 Å². The molecule has 0 aliphatic carbocycles. The molecule has 6 rings (SSSR count). The van der Waals surface area contributed by atoms with Crippen molar-refractivity contribution in [3.05, 3.63) is 214 Å². The standard InChI is InChI=1S/C50H50O/c1(9-21-41-23-11-5-12-24-41)3-19-31-47-39-45(37-43-27-15-7-16-28-43)33-35-49(47)51-50-36-34-46(38-44-29-17-8-18-30-44)40-48(50)32-20-4-2-10-22-42-25-13-6-14-26-42/h5-8,11-20,23-36,39-40H,1-4,9-10,21-22,37-38H2. The van der Waals surface area contributed by atoms with Crippen LogP contribution in [-0.2, 0) is 25.7 Å². The Morgan fingerprint density at radius 2 is 0.725 bits per heavy atom. The van der Waals surface area contributed by atoms with Gasteiger partial charge in [0.1, 0.15) is 11.5 Å². The lowest BCUT2D eigenvalue weighted by molar-refractivity contribution is 0.480. The second kappa shape index (κ2) is 19.7. The summed E-state index contributed by atoms with van der Waals surface area (Å²) in [6.07, 6.45) is 20.0. The third-order valence-corrected chi connectivity index (χ3v) is 9.32. The Morgan fingerprint density at radius 3 is 1.12 bits per heavy atom. The van der Waals surface area contributed by atoms with Gasteiger partial charge in [-0.05, 0) is 122 Å². The van der Waals surface area contributed by atoms with Crippen LogP contribution >= 0.6 is 0 Å². The molecule has 256 valence electrons. The predicted molar refractivity (Wildman–Crippen MR) is 218 cm³/mol. The first-order chi connectivity index (χ1) is 25.3. The number of rotatable bonds is 18. The third-order valence-electron chi connectivity index (χ3n) is 9.32. The van der Waals surface area contributed by atoms with E-state index >= 15 is 0 Å². The summed E-state index contributed by atoms with van der Waals surface area (Å²) in [5, 5.41) is 0. The van der Waals surface area contributed by atoms with Crippen LogP contribution in [0.5, 0.6) is 11.5 Å². The van der Waals surface area contributed by atoms with E-state index in [0.717, 1.165) is 74.0 Å². The second-order valence-corrected chi connectivity index (χ2v) is 13.4. The molecule has 0 atom stereocenters. The SMILES string of the molecule is C(=Cc1cc(Cc2ccccc2)ccc1Oc1ccc(Cc2ccccc2)cc1C=CCCCCc1ccccc1)CCCCc1ccccc1. The van der Waals surface area contributed by atoms with Crippen molar-refractivity contribution in [1.29, 1.82) is 0 Å². The van der Waals surface area contributed by atoms with Crippen LogP contribution in [0.3, 0.4) is 0 Å². The van der Waals surface area contributed by atoms with E-state index in [-0.39, 0.29) is 0 Å². The monoisotopic (exact) mass is 666 g/mol. The van der Waals surface area contributed by atoms with Crippen LogP contribution in [-0.4, -0.2) is 0 Å². The molecule has 0 aliphatic heterocycles. The third kappa shape index (κ3) is 11.9. The number of aryl methyl sites for hydroxylation is 2. The summed E-state index contributed by atoms with van der Waals surface area (Å²) in [6, 6.07) is 56.3. The molecule has 0 bridgehead atoms. The maximum absolute atomic E-state index is 6.82. The minimum absolute atomic E-state index is 0.890. The Balaban J connectivity index is 1.18. The number of hydrogen-bond acceptors (Lipinski definition) is 1. The van der Waals surface area contributed by atoms with Gasteiger partial charge in [-0.2, -0.15) is 0 Å². The lowest BCUT2D eigenvalue weighted by atomic mass is 10.0. The van der Waals surface area contributed by atoms with Crippen molar-refractivity contribution in [2.24, 2.45) is 0 Å². The zero-order chi connectivity index (χ0) is 34.8. The van der Waals surface area contributed by atoms with Crippen LogP contribution in [0.25, 0.3) is 12.2 Å². The maximum Gasteiger partial charge on any atom is 0.134 e. The first kappa shape index (κ1) is 35.4. The van der Waals surface area contributed by atoms with Gasteiger partial charge in [-0.25, -0.2) is 0 Å². The zero-order valence-corrected chi connectivity index (χ0v) is 29.8. The van der Waals surface area contributed by atoms with Crippen molar-refractivity contribution in [2.75, 3.05) is 0 Å². The first-order valence-electron chi connectivity index (χ1n) is 18.7. The number of allylic oxidation sites excluding steroid dienone is 2. The van der Waals surface area contributed by atoms with Gasteiger partial charge in [-0.1, -0.05) is 158 Å². The van der Waals surface area contributed by atoms with Gasteiger partial charge in [0.2, 0.25) is 0 Å². The second-order valence-electron chi connectivity index (χ2n) is 13.4. The lowest BCUT2D eigenvalue weighted by Gasteiger charge is -2.15. The van der Waals surface area contributed by atoms with Gasteiger partial charge in [0, 0.05) is 11.1 Å². The van der Waals surface area contributed by atoms with Crippen LogP contribution in [0.1, 0.15) is 83.0 Å². The summed E-state index contributed by atoms with van der Waals surface area (Å²) in [5.74, 6) is 1.78. The van der Waals surface area contributed by atoms with Crippen molar-refractivity contribution < 1.29 is 4.74 Å². The highest BCUT2D eigenvalue weighted by molar-refractivity contribution is 5.63. The molecule has 0 aliphatic rings. The zero-order valence-electron chi connectivity index (χ0n) is 29.8. The van der Waals surface area contributed by atoms with Gasteiger partial charge in [-0.3, -0.25) is 0 Å². The summed E-state index contributed by atoms with van der Waals surface area (Å²) in [4.78, 5) is 0. The number of unbranched alkanes of at least 4 members (excludes halogenated alkanes) is 4. The molecular formula is C50H50O. The molecule has 0 fully saturated rings. The van der Waals surface area contributed by atoms with Crippen LogP contribution in [0.4, 0.5) is 0 Å². The molecular weight excluding hydrogens is 617 g/mol. The van der Waals surface area contributed by atoms with Crippen LogP contribution < -0.4 is 4.74 Å². The van der Waals surface area contributed by atoms with Gasteiger partial charge in [0.25, 0.3) is 0 Å². The van der Waals surface area contributed by atoms with Gasteiger partial charge in [0.05, 0.1) is 0 Å². The maximum atomic E-state index is 6.82. The van der Waals surface area contributed by atoms with Crippen molar-refractivity contribution >= 4 is 12.2 Å². The van der Waals surface area contributed by atoms with E-state index in [1.54, 1.807) is 0 Å². The molecule has 1 heteroatoms. The van der Waals surface area contributed by atoms with E-state index in [9.17, 15) is 0 Å². The van der Waals surface area contributed by atoms with Crippen LogP contribution in [0.15, 0.2) is 170 Å². The molecule has 6 aromatic rings. The highest BCUT2D eigenvalue weighted by Gasteiger charge is 2.10. The van der Waals surface area contributed by atoms with Crippen molar-refractivity contribution in [1.82, 2.24) is 0 Å². The Bertz CT molecular complexity index is 1800. The number of hydrogen-bond donors (Lipinski definition) is 0. The van der Waals surface area contributed by atoms with Crippen molar-refractivity contribution in [3.8, 4) is 11.5 Å². The molecule has 0 radical (unpaired) electrons. The van der Waals surface area contributed by atoms with E-state index < -0.39 is 0 Å². The molecule has 51 heavy (non-hydrogen) atoms. The molecule has 0 saturated carbocycles. The fourth-order valence-electron chi connectivity index (χ4n) is 6.54. The van der Waals surface area contributed by atoms with Gasteiger partial charge < -0.3 is 4.74 Å². The highest BCUT2D eigenvalue weighted by atomic mass is 16.5. The van der Waals surface area contributed by atoms with Crippen LogP contribution in [0, 0.1) is 0 Å². The largest absolute Gasteiger partial charge is 0.456 e. The summed E-state index contributed by atoms with van der Waals surface area (Å²) in [6.45, 7) is 0.